The second-order valence-electron chi connectivity index (χ2n) is 8.14. The van der Waals surface area contributed by atoms with E-state index in [0.717, 1.165) is 28.3 Å². The van der Waals surface area contributed by atoms with Crippen LogP contribution in [0.5, 0.6) is 17.4 Å². The summed E-state index contributed by atoms with van der Waals surface area (Å²) in [6, 6.07) is 16.1. The second kappa shape index (κ2) is 10.3. The topological polar surface area (TPSA) is 134 Å². The Morgan fingerprint density at radius 1 is 0.974 bits per heavy atom. The van der Waals surface area contributed by atoms with Crippen LogP contribution in [0.15, 0.2) is 54.6 Å². The second-order valence-corrected chi connectivity index (χ2v) is 8.66. The number of methoxy groups -OCH3 is 3. The zero-order chi connectivity index (χ0) is 26.8. The number of nitrogens with one attached hydrogen (secondary N) is 1. The molecule has 12 heteroatoms. The van der Waals surface area contributed by atoms with Gasteiger partial charge in [-0.25, -0.2) is 9.59 Å². The maximum atomic E-state index is 11.9. The molecule has 0 radical (unpaired) electrons. The van der Waals surface area contributed by atoms with Crippen LogP contribution in [-0.4, -0.2) is 52.0 Å². The van der Waals surface area contributed by atoms with E-state index in [-0.39, 0.29) is 12.4 Å². The molecule has 0 unspecified atom stereocenters. The molecule has 5 rings (SSSR count). The number of nitrogens with zero attached hydrogens (tertiary/aromatic N) is 3. The van der Waals surface area contributed by atoms with Gasteiger partial charge in [0.05, 0.1) is 50.7 Å². The van der Waals surface area contributed by atoms with Gasteiger partial charge in [0.1, 0.15) is 22.5 Å². The zero-order valence-corrected chi connectivity index (χ0v) is 21.4. The summed E-state index contributed by atoms with van der Waals surface area (Å²) in [6.07, 6.45) is -2.12. The van der Waals surface area contributed by atoms with Crippen LogP contribution in [-0.2, 0) is 11.3 Å². The average Bonchev–Trinajstić information content (AvgIpc) is 3.50. The van der Waals surface area contributed by atoms with Crippen LogP contribution in [0.3, 0.4) is 0 Å². The van der Waals surface area contributed by atoms with Crippen LogP contribution in [0, 0.1) is 0 Å². The predicted octanol–water partition coefficient (Wildman–Crippen LogP) is 5.61. The Bertz CT molecular complexity index is 1680. The van der Waals surface area contributed by atoms with Crippen molar-refractivity contribution in [3.63, 3.8) is 0 Å². The van der Waals surface area contributed by atoms with Gasteiger partial charge in [0.25, 0.3) is 0 Å². The highest BCUT2D eigenvalue weighted by Crippen LogP contribution is 2.46. The monoisotopic (exact) mass is 534 g/mol. The lowest BCUT2D eigenvalue weighted by Crippen LogP contribution is -2.11. The summed E-state index contributed by atoms with van der Waals surface area (Å²) >= 11 is 1.12. The number of ether oxygens (including phenoxy) is 4. The van der Waals surface area contributed by atoms with E-state index in [1.807, 2.05) is 18.2 Å². The Kier molecular flexibility index (Phi) is 6.71. The molecule has 0 aliphatic carbocycles. The summed E-state index contributed by atoms with van der Waals surface area (Å²) in [5.41, 5.74) is 4.54. The van der Waals surface area contributed by atoms with Crippen molar-refractivity contribution in [2.45, 2.75) is 6.54 Å². The van der Waals surface area contributed by atoms with E-state index in [4.69, 9.17) is 18.9 Å². The summed E-state index contributed by atoms with van der Waals surface area (Å²) in [5, 5.41) is 13.0. The SMILES string of the molecule is COC(=O)Nc1ccc2c(c1)c(-c1ccc(OC)cc1OC)c(OC(=O)O)n2Cc1ccc2nsnc2c1. The summed E-state index contributed by atoms with van der Waals surface area (Å²) < 4.78 is 31.4. The third-order valence-corrected chi connectivity index (χ3v) is 6.53. The Hall–Kier alpha value is -4.84. The zero-order valence-electron chi connectivity index (χ0n) is 20.5. The molecule has 0 aliphatic rings. The minimum atomic E-state index is -1.48. The van der Waals surface area contributed by atoms with Gasteiger partial charge >= 0.3 is 12.2 Å². The molecule has 2 heterocycles. The largest absolute Gasteiger partial charge is 0.512 e. The van der Waals surface area contributed by atoms with Gasteiger partial charge in [-0.05, 0) is 48.0 Å². The molecule has 2 N–H and O–H groups in total. The molecule has 3 aromatic carbocycles. The first-order valence-corrected chi connectivity index (χ1v) is 12.0. The lowest BCUT2D eigenvalue weighted by Gasteiger charge is -2.13. The fourth-order valence-electron chi connectivity index (χ4n) is 4.30. The molecule has 11 nitrogen and oxygen atoms in total. The van der Waals surface area contributed by atoms with Crippen molar-refractivity contribution in [2.75, 3.05) is 26.6 Å². The summed E-state index contributed by atoms with van der Waals surface area (Å²) in [4.78, 5) is 23.8. The Morgan fingerprint density at radius 3 is 2.53 bits per heavy atom. The smallest absolute Gasteiger partial charge is 0.497 e. The molecule has 2 aromatic heterocycles. The maximum Gasteiger partial charge on any atom is 0.512 e. The van der Waals surface area contributed by atoms with E-state index >= 15 is 0 Å². The fraction of sp³-hybridized carbons (Fsp3) is 0.154. The number of amides is 1. The Balaban J connectivity index is 1.78. The minimum absolute atomic E-state index is 0.0858. The van der Waals surface area contributed by atoms with Crippen molar-refractivity contribution in [1.82, 2.24) is 13.3 Å². The van der Waals surface area contributed by atoms with Crippen LogP contribution < -0.4 is 19.5 Å². The molecule has 0 atom stereocenters. The third kappa shape index (κ3) is 4.64. The van der Waals surface area contributed by atoms with Crippen molar-refractivity contribution in [3.8, 4) is 28.5 Å². The van der Waals surface area contributed by atoms with Gasteiger partial charge in [0.2, 0.25) is 5.88 Å². The molecule has 38 heavy (non-hydrogen) atoms. The van der Waals surface area contributed by atoms with Crippen molar-refractivity contribution < 1.29 is 33.6 Å². The van der Waals surface area contributed by atoms with Gasteiger partial charge in [-0.15, -0.1) is 0 Å². The van der Waals surface area contributed by atoms with E-state index in [1.165, 1.54) is 14.2 Å². The lowest BCUT2D eigenvalue weighted by atomic mass is 10.0. The summed E-state index contributed by atoms with van der Waals surface area (Å²) in [6.45, 7) is 0.273. The molecular formula is C26H22N4O7S. The van der Waals surface area contributed by atoms with Gasteiger partial charge in [-0.3, -0.25) is 5.32 Å². The first-order valence-electron chi connectivity index (χ1n) is 11.3. The van der Waals surface area contributed by atoms with Crippen LogP contribution in [0.4, 0.5) is 15.3 Å². The van der Waals surface area contributed by atoms with Gasteiger partial charge in [-0.2, -0.15) is 8.75 Å². The number of hydrogen-bond donors (Lipinski definition) is 2. The van der Waals surface area contributed by atoms with E-state index in [9.17, 15) is 14.7 Å². The van der Waals surface area contributed by atoms with Crippen LogP contribution in [0.1, 0.15) is 5.56 Å². The van der Waals surface area contributed by atoms with E-state index in [1.54, 1.807) is 48.1 Å². The fourth-order valence-corrected chi connectivity index (χ4v) is 4.82. The highest BCUT2D eigenvalue weighted by molar-refractivity contribution is 7.00. The molecule has 0 bridgehead atoms. The molecule has 0 spiro atoms. The molecule has 1 amide bonds. The van der Waals surface area contributed by atoms with E-state index in [2.05, 4.69) is 14.1 Å². The Labute approximate surface area is 220 Å². The quantitative estimate of drug-likeness (QED) is 0.255. The maximum absolute atomic E-state index is 11.9. The highest BCUT2D eigenvalue weighted by Gasteiger charge is 2.25. The van der Waals surface area contributed by atoms with Crippen molar-refractivity contribution >= 4 is 51.6 Å². The van der Waals surface area contributed by atoms with Crippen LogP contribution in [0.25, 0.3) is 33.1 Å². The number of carbonyl (C=O) groups excluding carboxylic acids is 1. The first kappa shape index (κ1) is 24.8. The molecule has 0 saturated heterocycles. The third-order valence-electron chi connectivity index (χ3n) is 5.97. The molecule has 5 aromatic rings. The van der Waals surface area contributed by atoms with Gasteiger partial charge in [0.15, 0.2) is 0 Å². The summed E-state index contributed by atoms with van der Waals surface area (Å²) in [7, 11) is 4.32. The van der Waals surface area contributed by atoms with Crippen molar-refractivity contribution in [2.24, 2.45) is 0 Å². The molecule has 0 saturated carbocycles. The lowest BCUT2D eigenvalue weighted by molar-refractivity contribution is 0.141. The number of rotatable bonds is 7. The summed E-state index contributed by atoms with van der Waals surface area (Å²) in [5.74, 6) is 1.09. The van der Waals surface area contributed by atoms with Crippen LogP contribution in [0.2, 0.25) is 0 Å². The van der Waals surface area contributed by atoms with Crippen LogP contribution >= 0.6 is 11.7 Å². The number of fused-ring (bicyclic) bond motifs is 2. The molecular weight excluding hydrogens is 512 g/mol. The van der Waals surface area contributed by atoms with Gasteiger partial charge in [0, 0.05) is 22.7 Å². The number of carboxylic acid groups (broad SMARTS) is 1. The number of benzene rings is 3. The minimum Gasteiger partial charge on any atom is -0.497 e. The first-order chi connectivity index (χ1) is 18.4. The average molecular weight is 535 g/mol. The number of aromatic nitrogens is 3. The van der Waals surface area contributed by atoms with Crippen molar-refractivity contribution in [1.29, 1.82) is 0 Å². The molecule has 0 aliphatic heterocycles. The molecule has 0 fully saturated rings. The Morgan fingerprint density at radius 2 is 1.79 bits per heavy atom. The number of anilines is 1. The number of carbonyl (C=O) groups is 2. The van der Waals surface area contributed by atoms with E-state index in [0.29, 0.717) is 39.2 Å². The standard InChI is InChI=1S/C26H22N4O7S/c1-34-16-6-7-17(22(12-16)35-2)23-18-11-15(27-25(31)36-3)5-9-21(18)30(24(23)37-26(32)33)13-14-4-8-19-20(10-14)29-38-28-19/h4-12H,13H2,1-3H3,(H,27,31)(H,32,33). The van der Waals surface area contributed by atoms with Gasteiger partial charge in [-0.1, -0.05) is 6.07 Å². The predicted molar refractivity (Wildman–Crippen MR) is 142 cm³/mol. The van der Waals surface area contributed by atoms with Gasteiger partial charge < -0.3 is 28.6 Å². The van der Waals surface area contributed by atoms with Crippen molar-refractivity contribution in [3.05, 3.63) is 60.2 Å². The number of hydrogen-bond acceptors (Lipinski definition) is 9. The highest BCUT2D eigenvalue weighted by atomic mass is 32.1. The normalized spacial score (nSPS) is 10.9. The molecule has 194 valence electrons. The van der Waals surface area contributed by atoms with E-state index < -0.39 is 12.2 Å².